The molecule has 0 saturated heterocycles. The lowest BCUT2D eigenvalue weighted by Gasteiger charge is -2.08. The minimum absolute atomic E-state index is 0.524. The lowest BCUT2D eigenvalue weighted by Crippen LogP contribution is -2.05. The Kier molecular flexibility index (Phi) is 3.82. The number of halogens is 3. The molecule has 2 rings (SSSR count). The largest absolute Gasteiger partial charge is 0.363 e. The van der Waals surface area contributed by atoms with E-state index in [1.807, 2.05) is 17.7 Å². The monoisotopic (exact) mass is 289 g/mol. The minimum atomic E-state index is 0.524. The quantitative estimate of drug-likeness (QED) is 0.926. The molecule has 2 aromatic heterocycles. The summed E-state index contributed by atoms with van der Waals surface area (Å²) in [6, 6.07) is 5.37. The highest BCUT2D eigenvalue weighted by Crippen LogP contribution is 2.26. The minimum Gasteiger partial charge on any atom is -0.363 e. The summed E-state index contributed by atoms with van der Waals surface area (Å²) in [5.74, 6) is 0.641. The van der Waals surface area contributed by atoms with Crippen molar-refractivity contribution in [2.45, 2.75) is 6.54 Å². The molecule has 6 heteroatoms. The molecule has 0 spiro atoms. The van der Waals surface area contributed by atoms with Crippen LogP contribution >= 0.6 is 34.8 Å². The first-order valence-electron chi connectivity index (χ1n) is 4.93. The molecule has 90 valence electrons. The van der Waals surface area contributed by atoms with Gasteiger partial charge in [0.05, 0.1) is 16.6 Å². The van der Waals surface area contributed by atoms with E-state index in [2.05, 4.69) is 10.3 Å². The molecule has 0 aliphatic rings. The van der Waals surface area contributed by atoms with Crippen molar-refractivity contribution in [1.82, 2.24) is 9.55 Å². The van der Waals surface area contributed by atoms with Gasteiger partial charge in [0.25, 0.3) is 0 Å². The number of nitrogens with zero attached hydrogens (tertiary/aromatic N) is 2. The Morgan fingerprint density at radius 3 is 2.65 bits per heavy atom. The van der Waals surface area contributed by atoms with Crippen molar-refractivity contribution in [3.8, 4) is 0 Å². The van der Waals surface area contributed by atoms with Gasteiger partial charge in [0.15, 0.2) is 0 Å². The van der Waals surface area contributed by atoms with Crippen LogP contribution in [0.2, 0.25) is 15.2 Å². The van der Waals surface area contributed by atoms with Gasteiger partial charge in [-0.2, -0.15) is 0 Å². The molecule has 0 amide bonds. The van der Waals surface area contributed by atoms with E-state index < -0.39 is 0 Å². The maximum Gasteiger partial charge on any atom is 0.145 e. The van der Waals surface area contributed by atoms with Crippen LogP contribution < -0.4 is 5.32 Å². The van der Waals surface area contributed by atoms with E-state index in [1.165, 1.54) is 0 Å². The van der Waals surface area contributed by atoms with Crippen molar-refractivity contribution in [3.05, 3.63) is 45.3 Å². The van der Waals surface area contributed by atoms with E-state index in [0.29, 0.717) is 27.6 Å². The first-order valence-corrected chi connectivity index (χ1v) is 6.07. The lowest BCUT2D eigenvalue weighted by atomic mass is 10.4. The standard InChI is InChI=1S/C11H10Cl3N3/c1-17-7(5-9(13)10(17)14)6-16-11-8(12)3-2-4-15-11/h2-5H,6H2,1H3,(H,15,16). The van der Waals surface area contributed by atoms with Gasteiger partial charge >= 0.3 is 0 Å². The van der Waals surface area contributed by atoms with Crippen molar-refractivity contribution in [3.63, 3.8) is 0 Å². The van der Waals surface area contributed by atoms with Crippen molar-refractivity contribution >= 4 is 40.6 Å². The Morgan fingerprint density at radius 2 is 2.06 bits per heavy atom. The molecule has 1 N–H and O–H groups in total. The predicted octanol–water partition coefficient (Wildman–Crippen LogP) is 3.99. The van der Waals surface area contributed by atoms with Gasteiger partial charge < -0.3 is 9.88 Å². The maximum atomic E-state index is 5.98. The molecule has 0 aliphatic heterocycles. The fourth-order valence-corrected chi connectivity index (χ4v) is 2.05. The number of hydrogen-bond acceptors (Lipinski definition) is 2. The molecule has 0 atom stereocenters. The molecule has 0 fully saturated rings. The molecular weight excluding hydrogens is 281 g/mol. The van der Waals surface area contributed by atoms with Gasteiger partial charge in [0.2, 0.25) is 0 Å². The molecule has 0 radical (unpaired) electrons. The van der Waals surface area contributed by atoms with E-state index in [0.717, 1.165) is 5.69 Å². The number of aromatic nitrogens is 2. The van der Waals surface area contributed by atoms with Gasteiger partial charge in [-0.15, -0.1) is 0 Å². The Bertz CT molecular complexity index is 537. The molecule has 0 saturated carbocycles. The molecule has 2 heterocycles. The second-order valence-corrected chi connectivity index (χ2v) is 4.69. The van der Waals surface area contributed by atoms with Gasteiger partial charge in [-0.25, -0.2) is 4.98 Å². The van der Waals surface area contributed by atoms with Gasteiger partial charge in [0, 0.05) is 18.9 Å². The van der Waals surface area contributed by atoms with Gasteiger partial charge in [-0.05, 0) is 18.2 Å². The SMILES string of the molecule is Cn1c(CNc2ncccc2Cl)cc(Cl)c1Cl. The van der Waals surface area contributed by atoms with Crippen LogP contribution in [-0.4, -0.2) is 9.55 Å². The van der Waals surface area contributed by atoms with Crippen LogP contribution in [0.5, 0.6) is 0 Å². The number of anilines is 1. The molecule has 17 heavy (non-hydrogen) atoms. The number of rotatable bonds is 3. The zero-order chi connectivity index (χ0) is 12.4. The van der Waals surface area contributed by atoms with Gasteiger partial charge in [-0.3, -0.25) is 0 Å². The van der Waals surface area contributed by atoms with Crippen molar-refractivity contribution in [1.29, 1.82) is 0 Å². The van der Waals surface area contributed by atoms with Crippen LogP contribution in [0, 0.1) is 0 Å². The van der Waals surface area contributed by atoms with E-state index >= 15 is 0 Å². The maximum absolute atomic E-state index is 5.98. The van der Waals surface area contributed by atoms with Crippen molar-refractivity contribution in [2.24, 2.45) is 7.05 Å². The third-order valence-corrected chi connectivity index (χ3v) is 3.56. The third kappa shape index (κ3) is 2.68. The Labute approximate surface area is 114 Å². The smallest absolute Gasteiger partial charge is 0.145 e. The number of hydrogen-bond donors (Lipinski definition) is 1. The Balaban J connectivity index is 2.13. The second-order valence-electron chi connectivity index (χ2n) is 3.52. The summed E-state index contributed by atoms with van der Waals surface area (Å²) in [5.41, 5.74) is 0.960. The summed E-state index contributed by atoms with van der Waals surface area (Å²) in [5, 5.41) is 4.78. The highest BCUT2D eigenvalue weighted by Gasteiger charge is 2.09. The first-order chi connectivity index (χ1) is 8.09. The fourth-order valence-electron chi connectivity index (χ4n) is 1.45. The van der Waals surface area contributed by atoms with Crippen LogP contribution in [0.25, 0.3) is 0 Å². The summed E-state index contributed by atoms with van der Waals surface area (Å²) in [6.07, 6.45) is 1.68. The second kappa shape index (κ2) is 5.17. The van der Waals surface area contributed by atoms with Crippen LogP contribution in [0.1, 0.15) is 5.69 Å². The molecule has 0 bridgehead atoms. The summed E-state index contributed by atoms with van der Waals surface area (Å²) in [4.78, 5) is 4.13. The molecular formula is C11H10Cl3N3. The Morgan fingerprint density at radius 1 is 1.29 bits per heavy atom. The topological polar surface area (TPSA) is 29.9 Å². The lowest BCUT2D eigenvalue weighted by molar-refractivity contribution is 0.841. The van der Waals surface area contributed by atoms with Crippen LogP contribution in [0.15, 0.2) is 24.4 Å². The summed E-state index contributed by atoms with van der Waals surface area (Å²) < 4.78 is 1.81. The fraction of sp³-hybridized carbons (Fsp3) is 0.182. The number of nitrogens with one attached hydrogen (secondary N) is 1. The molecule has 3 nitrogen and oxygen atoms in total. The van der Waals surface area contributed by atoms with E-state index in [-0.39, 0.29) is 0 Å². The Hall–Kier alpha value is -0.900. The summed E-state index contributed by atoms with van der Waals surface area (Å²) in [6.45, 7) is 0.555. The van der Waals surface area contributed by atoms with Crippen molar-refractivity contribution in [2.75, 3.05) is 5.32 Å². The first kappa shape index (κ1) is 12.6. The zero-order valence-electron chi connectivity index (χ0n) is 9.04. The molecule has 0 aromatic carbocycles. The predicted molar refractivity (Wildman–Crippen MR) is 72.0 cm³/mol. The summed E-state index contributed by atoms with van der Waals surface area (Å²) >= 11 is 17.9. The number of pyridine rings is 1. The highest BCUT2D eigenvalue weighted by atomic mass is 35.5. The average Bonchev–Trinajstić information content (AvgIpc) is 2.56. The van der Waals surface area contributed by atoms with Crippen LogP contribution in [-0.2, 0) is 13.6 Å². The van der Waals surface area contributed by atoms with E-state index in [4.69, 9.17) is 34.8 Å². The van der Waals surface area contributed by atoms with Crippen LogP contribution in [0.3, 0.4) is 0 Å². The zero-order valence-corrected chi connectivity index (χ0v) is 11.3. The molecule has 2 aromatic rings. The van der Waals surface area contributed by atoms with Crippen molar-refractivity contribution < 1.29 is 0 Å². The molecule has 0 aliphatic carbocycles. The van der Waals surface area contributed by atoms with Gasteiger partial charge in [0.1, 0.15) is 11.0 Å². The van der Waals surface area contributed by atoms with Crippen LogP contribution in [0.4, 0.5) is 5.82 Å². The summed E-state index contributed by atoms with van der Waals surface area (Å²) in [7, 11) is 1.85. The normalized spacial score (nSPS) is 10.6. The highest BCUT2D eigenvalue weighted by molar-refractivity contribution is 6.41. The van der Waals surface area contributed by atoms with E-state index in [1.54, 1.807) is 18.3 Å². The van der Waals surface area contributed by atoms with Gasteiger partial charge in [-0.1, -0.05) is 34.8 Å². The van der Waals surface area contributed by atoms with E-state index in [9.17, 15) is 0 Å². The third-order valence-electron chi connectivity index (χ3n) is 2.41. The molecule has 0 unspecified atom stereocenters. The average molecular weight is 291 g/mol.